The lowest BCUT2D eigenvalue weighted by Crippen LogP contribution is -2.42. The molecule has 0 saturated carbocycles. The highest BCUT2D eigenvalue weighted by Gasteiger charge is 2.17. The summed E-state index contributed by atoms with van der Waals surface area (Å²) >= 11 is 5.85. The predicted octanol–water partition coefficient (Wildman–Crippen LogP) is 3.28. The van der Waals surface area contributed by atoms with Crippen LogP contribution in [0.1, 0.15) is 30.2 Å². The molecule has 0 atom stereocenters. The summed E-state index contributed by atoms with van der Waals surface area (Å²) in [5.74, 6) is -0.224. The second-order valence-corrected chi connectivity index (χ2v) is 6.52. The van der Waals surface area contributed by atoms with Crippen molar-refractivity contribution in [2.24, 2.45) is 0 Å². The summed E-state index contributed by atoms with van der Waals surface area (Å²) in [5, 5.41) is 0.951. The number of hydrogen-bond donors (Lipinski definition) is 0. The number of Topliss-reactive ketones (excluding diaryl/α,β-unsaturated/α-hetero) is 1. The molecule has 0 spiro atoms. The van der Waals surface area contributed by atoms with Gasteiger partial charge in [-0.2, -0.15) is 0 Å². The van der Waals surface area contributed by atoms with Gasteiger partial charge < -0.3 is 0 Å². The van der Waals surface area contributed by atoms with Crippen molar-refractivity contribution >= 4 is 28.3 Å². The molecule has 0 aliphatic carbocycles. The number of ketones is 1. The average molecular weight is 357 g/mol. The summed E-state index contributed by atoms with van der Waals surface area (Å²) in [6.07, 6.45) is 0. The van der Waals surface area contributed by atoms with Gasteiger partial charge in [0.15, 0.2) is 5.78 Å². The van der Waals surface area contributed by atoms with Crippen LogP contribution in [0.4, 0.5) is 0 Å². The standard InChI is InChI=1S/C19H17ClN2O3/c1-12(2)22-18(24)15-5-3-4-6-16(15)21(19(22)25)11-17(23)13-7-9-14(20)10-8-13/h3-10,12H,11H2,1-2H3. The zero-order chi connectivity index (χ0) is 18.1. The smallest absolute Gasteiger partial charge is 0.292 e. The molecule has 1 aromatic heterocycles. The lowest BCUT2D eigenvalue weighted by atomic mass is 10.1. The number of nitrogens with zero attached hydrogens (tertiary/aromatic N) is 2. The fourth-order valence-electron chi connectivity index (χ4n) is 2.82. The molecular weight excluding hydrogens is 340 g/mol. The largest absolute Gasteiger partial charge is 0.332 e. The van der Waals surface area contributed by atoms with Gasteiger partial charge in [-0.1, -0.05) is 23.7 Å². The minimum absolute atomic E-state index is 0.145. The Morgan fingerprint density at radius 2 is 1.68 bits per heavy atom. The van der Waals surface area contributed by atoms with E-state index in [1.54, 1.807) is 62.4 Å². The molecule has 0 bridgehead atoms. The van der Waals surface area contributed by atoms with E-state index in [-0.39, 0.29) is 23.9 Å². The molecule has 0 aliphatic heterocycles. The third-order valence-corrected chi connectivity index (χ3v) is 4.32. The number of halogens is 1. The zero-order valence-electron chi connectivity index (χ0n) is 13.9. The molecule has 0 fully saturated rings. The van der Waals surface area contributed by atoms with Gasteiger partial charge in [-0.25, -0.2) is 4.79 Å². The molecular formula is C19H17ClN2O3. The van der Waals surface area contributed by atoms with E-state index >= 15 is 0 Å². The third kappa shape index (κ3) is 3.15. The maximum atomic E-state index is 12.8. The highest BCUT2D eigenvalue weighted by atomic mass is 35.5. The van der Waals surface area contributed by atoms with Crippen LogP contribution in [-0.4, -0.2) is 14.9 Å². The fraction of sp³-hybridized carbons (Fsp3) is 0.211. The van der Waals surface area contributed by atoms with Crippen LogP contribution in [0.15, 0.2) is 58.1 Å². The Bertz CT molecular complexity index is 1060. The molecule has 5 nitrogen and oxygen atoms in total. The Morgan fingerprint density at radius 3 is 2.32 bits per heavy atom. The third-order valence-electron chi connectivity index (χ3n) is 4.07. The molecule has 0 saturated heterocycles. The zero-order valence-corrected chi connectivity index (χ0v) is 14.7. The Kier molecular flexibility index (Phi) is 4.59. The van der Waals surface area contributed by atoms with Crippen LogP contribution in [0.25, 0.3) is 10.9 Å². The van der Waals surface area contributed by atoms with Crippen molar-refractivity contribution in [2.45, 2.75) is 26.4 Å². The molecule has 0 unspecified atom stereocenters. The number of carbonyl (C=O) groups excluding carboxylic acids is 1. The van der Waals surface area contributed by atoms with Gasteiger partial charge in [0.05, 0.1) is 17.4 Å². The van der Waals surface area contributed by atoms with Crippen molar-refractivity contribution in [3.63, 3.8) is 0 Å². The molecule has 25 heavy (non-hydrogen) atoms. The number of aromatic nitrogens is 2. The number of carbonyl (C=O) groups is 1. The first kappa shape index (κ1) is 17.2. The maximum Gasteiger partial charge on any atom is 0.332 e. The first-order valence-electron chi connectivity index (χ1n) is 7.93. The van der Waals surface area contributed by atoms with E-state index in [0.717, 1.165) is 0 Å². The Balaban J connectivity index is 2.18. The quantitative estimate of drug-likeness (QED) is 0.674. The topological polar surface area (TPSA) is 61.1 Å². The van der Waals surface area contributed by atoms with Crippen LogP contribution >= 0.6 is 11.6 Å². The van der Waals surface area contributed by atoms with Gasteiger partial charge in [0.1, 0.15) is 0 Å². The molecule has 1 heterocycles. The van der Waals surface area contributed by atoms with Crippen LogP contribution in [0.5, 0.6) is 0 Å². The molecule has 2 aromatic carbocycles. The Morgan fingerprint density at radius 1 is 1.04 bits per heavy atom. The van der Waals surface area contributed by atoms with E-state index in [9.17, 15) is 14.4 Å². The molecule has 0 radical (unpaired) electrons. The lowest BCUT2D eigenvalue weighted by molar-refractivity contribution is 0.0971. The van der Waals surface area contributed by atoms with E-state index in [4.69, 9.17) is 11.6 Å². The van der Waals surface area contributed by atoms with Crippen molar-refractivity contribution in [3.05, 3.63) is 80.0 Å². The van der Waals surface area contributed by atoms with Crippen LogP contribution < -0.4 is 11.2 Å². The Labute approximate surface area is 149 Å². The maximum absolute atomic E-state index is 12.8. The molecule has 0 amide bonds. The van der Waals surface area contributed by atoms with Crippen molar-refractivity contribution in [2.75, 3.05) is 0 Å². The van der Waals surface area contributed by atoms with Crippen LogP contribution in [0.2, 0.25) is 5.02 Å². The summed E-state index contributed by atoms with van der Waals surface area (Å²) in [6.45, 7) is 3.39. The Hall–Kier alpha value is -2.66. The van der Waals surface area contributed by atoms with E-state index in [1.165, 1.54) is 9.13 Å². The highest BCUT2D eigenvalue weighted by molar-refractivity contribution is 6.30. The van der Waals surface area contributed by atoms with Crippen LogP contribution in [0, 0.1) is 0 Å². The van der Waals surface area contributed by atoms with E-state index in [1.807, 2.05) is 0 Å². The van der Waals surface area contributed by atoms with Gasteiger partial charge in [-0.3, -0.25) is 18.7 Å². The highest BCUT2D eigenvalue weighted by Crippen LogP contribution is 2.13. The molecule has 128 valence electrons. The van der Waals surface area contributed by atoms with Gasteiger partial charge in [0.25, 0.3) is 5.56 Å². The van der Waals surface area contributed by atoms with Gasteiger partial charge in [-0.15, -0.1) is 0 Å². The van der Waals surface area contributed by atoms with Crippen molar-refractivity contribution in [1.82, 2.24) is 9.13 Å². The molecule has 0 N–H and O–H groups in total. The predicted molar refractivity (Wildman–Crippen MR) is 98.6 cm³/mol. The molecule has 6 heteroatoms. The number of hydrogen-bond acceptors (Lipinski definition) is 3. The minimum Gasteiger partial charge on any atom is -0.292 e. The first-order chi connectivity index (χ1) is 11.9. The fourth-order valence-corrected chi connectivity index (χ4v) is 2.94. The van der Waals surface area contributed by atoms with E-state index < -0.39 is 5.69 Å². The summed E-state index contributed by atoms with van der Waals surface area (Å²) < 4.78 is 2.53. The second-order valence-electron chi connectivity index (χ2n) is 6.08. The SMILES string of the molecule is CC(C)n1c(=O)c2ccccc2n(CC(=O)c2ccc(Cl)cc2)c1=O. The minimum atomic E-state index is -0.485. The number of fused-ring (bicyclic) bond motifs is 1. The lowest BCUT2D eigenvalue weighted by Gasteiger charge is -2.15. The van der Waals surface area contributed by atoms with Gasteiger partial charge in [-0.05, 0) is 50.2 Å². The first-order valence-corrected chi connectivity index (χ1v) is 8.31. The van der Waals surface area contributed by atoms with Crippen molar-refractivity contribution in [3.8, 4) is 0 Å². The van der Waals surface area contributed by atoms with Crippen LogP contribution in [0.3, 0.4) is 0 Å². The second kappa shape index (κ2) is 6.69. The summed E-state index contributed by atoms with van der Waals surface area (Å²) in [5.41, 5.74) is 0.0891. The molecule has 3 rings (SSSR count). The number of para-hydroxylation sites is 1. The van der Waals surface area contributed by atoms with Crippen molar-refractivity contribution in [1.29, 1.82) is 0 Å². The summed E-state index contributed by atoms with van der Waals surface area (Å²) in [7, 11) is 0. The van der Waals surface area contributed by atoms with E-state index in [2.05, 4.69) is 0 Å². The average Bonchev–Trinajstić information content (AvgIpc) is 2.59. The number of rotatable bonds is 4. The summed E-state index contributed by atoms with van der Waals surface area (Å²) in [6, 6.07) is 13.0. The monoisotopic (exact) mass is 356 g/mol. The van der Waals surface area contributed by atoms with Gasteiger partial charge in [0, 0.05) is 16.6 Å². The van der Waals surface area contributed by atoms with Gasteiger partial charge in [0.2, 0.25) is 0 Å². The van der Waals surface area contributed by atoms with Gasteiger partial charge >= 0.3 is 5.69 Å². The molecule has 0 aliphatic rings. The number of benzene rings is 2. The normalized spacial score (nSPS) is 11.2. The molecule has 3 aromatic rings. The summed E-state index contributed by atoms with van der Waals surface area (Å²) in [4.78, 5) is 38.0. The van der Waals surface area contributed by atoms with E-state index in [0.29, 0.717) is 21.5 Å². The van der Waals surface area contributed by atoms with Crippen molar-refractivity contribution < 1.29 is 4.79 Å². The van der Waals surface area contributed by atoms with Crippen LogP contribution in [-0.2, 0) is 6.54 Å².